The van der Waals surface area contributed by atoms with E-state index in [2.05, 4.69) is 17.4 Å². The highest BCUT2D eigenvalue weighted by molar-refractivity contribution is 7.92. The summed E-state index contributed by atoms with van der Waals surface area (Å²) in [5, 5.41) is 3.07. The van der Waals surface area contributed by atoms with E-state index >= 15 is 0 Å². The molecule has 1 aliphatic heterocycles. The van der Waals surface area contributed by atoms with Crippen molar-refractivity contribution in [1.29, 1.82) is 0 Å². The molecule has 29 heavy (non-hydrogen) atoms. The molecule has 0 saturated carbocycles. The van der Waals surface area contributed by atoms with Crippen LogP contribution < -0.4 is 9.62 Å². The number of anilines is 1. The van der Waals surface area contributed by atoms with Crippen molar-refractivity contribution in [3.63, 3.8) is 0 Å². The molecule has 1 N–H and O–H groups in total. The molecule has 1 aliphatic rings. The van der Waals surface area contributed by atoms with E-state index < -0.39 is 10.0 Å². The molecule has 0 bridgehead atoms. The summed E-state index contributed by atoms with van der Waals surface area (Å²) in [7, 11) is -1.92. The minimum Gasteiger partial charge on any atom is -0.381 e. The van der Waals surface area contributed by atoms with Gasteiger partial charge in [-0.3, -0.25) is 9.10 Å². The Bertz CT molecular complexity index is 968. The van der Waals surface area contributed by atoms with Crippen molar-refractivity contribution in [2.24, 2.45) is 0 Å². The molecular weight excluding hydrogens is 388 g/mol. The highest BCUT2D eigenvalue weighted by Gasteiger charge is 2.34. The predicted octanol–water partition coefficient (Wildman–Crippen LogP) is 2.87. The molecule has 156 valence electrons. The van der Waals surface area contributed by atoms with Crippen LogP contribution in [0.15, 0.2) is 48.5 Å². The molecule has 0 aliphatic carbocycles. The zero-order valence-corrected chi connectivity index (χ0v) is 18.0. The van der Waals surface area contributed by atoms with Crippen LogP contribution in [0.5, 0.6) is 0 Å². The summed E-state index contributed by atoms with van der Waals surface area (Å²) in [5.74, 6) is -0.213. The second-order valence-corrected chi connectivity index (χ2v) is 9.69. The van der Waals surface area contributed by atoms with Crippen molar-refractivity contribution < 1.29 is 17.9 Å². The lowest BCUT2D eigenvalue weighted by Gasteiger charge is -2.38. The fraction of sp³-hybridized carbons (Fsp3) is 0.409. The van der Waals surface area contributed by atoms with E-state index in [1.54, 1.807) is 18.2 Å². The van der Waals surface area contributed by atoms with Gasteiger partial charge in [0, 0.05) is 37.8 Å². The highest BCUT2D eigenvalue weighted by Crippen LogP contribution is 2.34. The third kappa shape index (κ3) is 4.79. The molecule has 3 rings (SSSR count). The van der Waals surface area contributed by atoms with Crippen LogP contribution in [0, 0.1) is 6.92 Å². The fourth-order valence-corrected chi connectivity index (χ4v) is 4.30. The topological polar surface area (TPSA) is 75.7 Å². The number of aryl methyl sites for hydroxylation is 1. The molecule has 0 spiro atoms. The number of nitrogens with zero attached hydrogens (tertiary/aromatic N) is 1. The second kappa shape index (κ2) is 8.55. The maximum absolute atomic E-state index is 12.9. The van der Waals surface area contributed by atoms with Gasteiger partial charge in [0.25, 0.3) is 5.91 Å². The van der Waals surface area contributed by atoms with Gasteiger partial charge in [-0.25, -0.2) is 8.42 Å². The lowest BCUT2D eigenvalue weighted by Crippen LogP contribution is -2.44. The Kier molecular flexibility index (Phi) is 6.29. The summed E-state index contributed by atoms with van der Waals surface area (Å²) in [6.07, 6.45) is 2.83. The summed E-state index contributed by atoms with van der Waals surface area (Å²) < 4.78 is 30.6. The van der Waals surface area contributed by atoms with Crippen molar-refractivity contribution in [1.82, 2.24) is 5.32 Å². The third-order valence-electron chi connectivity index (χ3n) is 5.73. The van der Waals surface area contributed by atoms with Gasteiger partial charge in [0.05, 0.1) is 11.9 Å². The molecule has 0 unspecified atom stereocenters. The standard InChI is InChI=1S/C22H28N2O4S/c1-17-9-10-18(15-20(17)24(2)29(3,26)27)21(25)23-16-22(11-13-28-14-12-22)19-7-5-4-6-8-19/h4-10,15H,11-14,16H2,1-3H3,(H,23,25). The minimum atomic E-state index is -3.41. The molecule has 7 heteroatoms. The third-order valence-corrected chi connectivity index (χ3v) is 6.92. The summed E-state index contributed by atoms with van der Waals surface area (Å²) >= 11 is 0. The van der Waals surface area contributed by atoms with Crippen LogP contribution in [0.4, 0.5) is 5.69 Å². The van der Waals surface area contributed by atoms with E-state index in [0.717, 1.165) is 24.7 Å². The molecule has 1 heterocycles. The van der Waals surface area contributed by atoms with E-state index in [-0.39, 0.29) is 11.3 Å². The van der Waals surface area contributed by atoms with Crippen LogP contribution in [0.1, 0.15) is 34.3 Å². The monoisotopic (exact) mass is 416 g/mol. The summed E-state index contributed by atoms with van der Waals surface area (Å²) in [6.45, 7) is 3.66. The average Bonchev–Trinajstić information content (AvgIpc) is 2.72. The van der Waals surface area contributed by atoms with Crippen LogP contribution >= 0.6 is 0 Å². The van der Waals surface area contributed by atoms with Gasteiger partial charge < -0.3 is 10.1 Å². The van der Waals surface area contributed by atoms with Gasteiger partial charge in [-0.15, -0.1) is 0 Å². The number of nitrogens with one attached hydrogen (secondary N) is 1. The lowest BCUT2D eigenvalue weighted by atomic mass is 9.74. The summed E-state index contributed by atoms with van der Waals surface area (Å²) in [5.41, 5.74) is 2.77. The van der Waals surface area contributed by atoms with E-state index in [1.807, 2.05) is 25.1 Å². The van der Waals surface area contributed by atoms with Gasteiger partial charge >= 0.3 is 0 Å². The quantitative estimate of drug-likeness (QED) is 0.786. The zero-order chi connectivity index (χ0) is 21.1. The number of hydrogen-bond donors (Lipinski definition) is 1. The molecular formula is C22H28N2O4S. The smallest absolute Gasteiger partial charge is 0.251 e. The van der Waals surface area contributed by atoms with E-state index in [0.29, 0.717) is 31.0 Å². The van der Waals surface area contributed by atoms with E-state index in [9.17, 15) is 13.2 Å². The number of benzene rings is 2. The van der Waals surface area contributed by atoms with Gasteiger partial charge in [-0.2, -0.15) is 0 Å². The Hall–Kier alpha value is -2.38. The first kappa shape index (κ1) is 21.3. The molecule has 2 aromatic carbocycles. The Balaban J connectivity index is 1.81. The molecule has 1 amide bonds. The number of ether oxygens (including phenoxy) is 1. The molecule has 6 nitrogen and oxygen atoms in total. The number of sulfonamides is 1. The fourth-order valence-electron chi connectivity index (χ4n) is 3.74. The van der Waals surface area contributed by atoms with E-state index in [4.69, 9.17) is 4.74 Å². The van der Waals surface area contributed by atoms with Crippen molar-refractivity contribution in [2.45, 2.75) is 25.2 Å². The first-order valence-corrected chi connectivity index (χ1v) is 11.5. The summed E-state index contributed by atoms with van der Waals surface area (Å²) in [4.78, 5) is 12.9. The Morgan fingerprint density at radius 3 is 2.41 bits per heavy atom. The van der Waals surface area contributed by atoms with Gasteiger partial charge in [0.15, 0.2) is 0 Å². The molecule has 0 aromatic heterocycles. The van der Waals surface area contributed by atoms with Crippen molar-refractivity contribution in [2.75, 3.05) is 37.4 Å². The molecule has 2 aromatic rings. The lowest BCUT2D eigenvalue weighted by molar-refractivity contribution is 0.0487. The van der Waals surface area contributed by atoms with Crippen LogP contribution in [-0.2, 0) is 20.2 Å². The predicted molar refractivity (Wildman–Crippen MR) is 115 cm³/mol. The van der Waals surface area contributed by atoms with Crippen molar-refractivity contribution in [3.05, 3.63) is 65.2 Å². The highest BCUT2D eigenvalue weighted by atomic mass is 32.2. The largest absolute Gasteiger partial charge is 0.381 e. The molecule has 1 fully saturated rings. The maximum Gasteiger partial charge on any atom is 0.251 e. The maximum atomic E-state index is 12.9. The van der Waals surface area contributed by atoms with Crippen LogP contribution in [-0.4, -0.2) is 47.4 Å². The van der Waals surface area contributed by atoms with Crippen LogP contribution in [0.3, 0.4) is 0 Å². The normalized spacial score (nSPS) is 16.2. The van der Waals surface area contributed by atoms with Gasteiger partial charge in [0.2, 0.25) is 10.0 Å². The van der Waals surface area contributed by atoms with Crippen molar-refractivity contribution >= 4 is 21.6 Å². The number of amides is 1. The Morgan fingerprint density at radius 2 is 1.79 bits per heavy atom. The Morgan fingerprint density at radius 1 is 1.14 bits per heavy atom. The molecule has 1 saturated heterocycles. The van der Waals surface area contributed by atoms with Gasteiger partial charge in [-0.1, -0.05) is 36.4 Å². The number of rotatable bonds is 6. The first-order chi connectivity index (χ1) is 13.7. The summed E-state index contributed by atoms with van der Waals surface area (Å²) in [6, 6.07) is 15.3. The van der Waals surface area contributed by atoms with Crippen LogP contribution in [0.2, 0.25) is 0 Å². The van der Waals surface area contributed by atoms with Crippen molar-refractivity contribution in [3.8, 4) is 0 Å². The number of carbonyl (C=O) groups is 1. The number of carbonyl (C=O) groups excluding carboxylic acids is 1. The molecule has 0 radical (unpaired) electrons. The minimum absolute atomic E-state index is 0.160. The Labute approximate surface area is 172 Å². The zero-order valence-electron chi connectivity index (χ0n) is 17.1. The number of hydrogen-bond acceptors (Lipinski definition) is 4. The van der Waals surface area contributed by atoms with E-state index in [1.165, 1.54) is 16.9 Å². The van der Waals surface area contributed by atoms with Gasteiger partial charge in [0.1, 0.15) is 0 Å². The first-order valence-electron chi connectivity index (χ1n) is 9.69. The molecule has 0 atom stereocenters. The second-order valence-electron chi connectivity index (χ2n) is 7.67. The van der Waals surface area contributed by atoms with Gasteiger partial charge in [-0.05, 0) is 43.0 Å². The van der Waals surface area contributed by atoms with Crippen LogP contribution in [0.25, 0.3) is 0 Å². The SMILES string of the molecule is Cc1ccc(C(=O)NCC2(c3ccccc3)CCOCC2)cc1N(C)S(C)(=O)=O. The average molecular weight is 417 g/mol.